The van der Waals surface area contributed by atoms with Crippen molar-refractivity contribution in [3.05, 3.63) is 40.5 Å². The van der Waals surface area contributed by atoms with Crippen LogP contribution in [0.15, 0.2) is 29.3 Å². The zero-order valence-corrected chi connectivity index (χ0v) is 9.87. The molecule has 0 atom stereocenters. The maximum atomic E-state index is 4.25. The quantitative estimate of drug-likeness (QED) is 0.898. The van der Waals surface area contributed by atoms with Crippen LogP contribution in [0.25, 0.3) is 0 Å². The van der Waals surface area contributed by atoms with Gasteiger partial charge in [0.2, 0.25) is 0 Å². The molecule has 2 N–H and O–H groups in total. The van der Waals surface area contributed by atoms with Crippen LogP contribution in [0.5, 0.6) is 0 Å². The van der Waals surface area contributed by atoms with Crippen LogP contribution >= 0.6 is 15.9 Å². The molecule has 2 heterocycles. The number of hydrogen-bond acceptors (Lipinski definition) is 3. The fourth-order valence-corrected chi connectivity index (χ4v) is 1.42. The van der Waals surface area contributed by atoms with Gasteiger partial charge in [-0.1, -0.05) is 0 Å². The second-order valence-corrected chi connectivity index (χ2v) is 4.10. The van der Waals surface area contributed by atoms with Crippen molar-refractivity contribution < 1.29 is 0 Å². The number of aryl methyl sites for hydroxylation is 1. The normalized spacial score (nSPS) is 10.3. The molecule has 0 radical (unpaired) electrons. The highest BCUT2D eigenvalue weighted by Crippen LogP contribution is 2.17. The van der Waals surface area contributed by atoms with E-state index in [4.69, 9.17) is 0 Å². The number of H-pyrrole nitrogens is 1. The molecule has 0 saturated heterocycles. The summed E-state index contributed by atoms with van der Waals surface area (Å²) in [4.78, 5) is 11.2. The number of halogens is 1. The molecule has 2 aromatic heterocycles. The highest BCUT2D eigenvalue weighted by atomic mass is 79.9. The number of rotatable bonds is 3. The average Bonchev–Trinajstić information content (AvgIpc) is 2.73. The van der Waals surface area contributed by atoms with E-state index in [9.17, 15) is 0 Å². The van der Waals surface area contributed by atoms with Crippen LogP contribution in [0, 0.1) is 6.92 Å². The lowest BCUT2D eigenvalue weighted by atomic mass is 10.3. The molecule has 2 rings (SSSR count). The van der Waals surface area contributed by atoms with Gasteiger partial charge in [0.15, 0.2) is 0 Å². The highest BCUT2D eigenvalue weighted by Gasteiger charge is 1.99. The van der Waals surface area contributed by atoms with E-state index >= 15 is 0 Å². The van der Waals surface area contributed by atoms with E-state index in [1.54, 1.807) is 18.7 Å². The minimum absolute atomic E-state index is 0.702. The number of anilines is 1. The third kappa shape index (κ3) is 2.56. The van der Waals surface area contributed by atoms with E-state index < -0.39 is 0 Å². The first-order valence-electron chi connectivity index (χ1n) is 4.59. The van der Waals surface area contributed by atoms with Gasteiger partial charge in [0.1, 0.15) is 5.82 Å². The summed E-state index contributed by atoms with van der Waals surface area (Å²) in [6.07, 6.45) is 5.25. The Morgan fingerprint density at radius 3 is 3.00 bits per heavy atom. The predicted octanol–water partition coefficient (Wildman–Crippen LogP) is 2.49. The molecule has 0 bridgehead atoms. The SMILES string of the molecule is Cc1cc(NCc2cnc[nH]2)ncc1Br. The minimum Gasteiger partial charge on any atom is -0.364 e. The van der Waals surface area contributed by atoms with Gasteiger partial charge in [-0.3, -0.25) is 0 Å². The van der Waals surface area contributed by atoms with Crippen LogP contribution in [-0.4, -0.2) is 15.0 Å². The average molecular weight is 267 g/mol. The molecule has 0 unspecified atom stereocenters. The van der Waals surface area contributed by atoms with Crippen molar-refractivity contribution in [2.75, 3.05) is 5.32 Å². The fourth-order valence-electron chi connectivity index (χ4n) is 1.20. The van der Waals surface area contributed by atoms with Crippen molar-refractivity contribution in [2.24, 2.45) is 0 Å². The van der Waals surface area contributed by atoms with E-state index in [-0.39, 0.29) is 0 Å². The van der Waals surface area contributed by atoms with Gasteiger partial charge >= 0.3 is 0 Å². The van der Waals surface area contributed by atoms with Crippen molar-refractivity contribution in [3.63, 3.8) is 0 Å². The smallest absolute Gasteiger partial charge is 0.126 e. The second kappa shape index (κ2) is 4.44. The Morgan fingerprint density at radius 2 is 2.33 bits per heavy atom. The molecular weight excluding hydrogens is 256 g/mol. The largest absolute Gasteiger partial charge is 0.364 e. The molecule has 78 valence electrons. The molecule has 0 aliphatic carbocycles. The topological polar surface area (TPSA) is 53.6 Å². The molecule has 15 heavy (non-hydrogen) atoms. The summed E-state index contributed by atoms with van der Waals surface area (Å²) in [5, 5.41) is 3.21. The summed E-state index contributed by atoms with van der Waals surface area (Å²) in [7, 11) is 0. The Morgan fingerprint density at radius 1 is 1.47 bits per heavy atom. The first-order valence-corrected chi connectivity index (χ1v) is 5.38. The van der Waals surface area contributed by atoms with Gasteiger partial charge in [0, 0.05) is 16.9 Å². The van der Waals surface area contributed by atoms with Gasteiger partial charge in [-0.15, -0.1) is 0 Å². The summed E-state index contributed by atoms with van der Waals surface area (Å²) >= 11 is 3.41. The monoisotopic (exact) mass is 266 g/mol. The Balaban J connectivity index is 2.02. The van der Waals surface area contributed by atoms with Crippen molar-refractivity contribution in [3.8, 4) is 0 Å². The van der Waals surface area contributed by atoms with E-state index in [2.05, 4.69) is 36.2 Å². The molecule has 4 nitrogen and oxygen atoms in total. The van der Waals surface area contributed by atoms with Crippen molar-refractivity contribution >= 4 is 21.7 Å². The second-order valence-electron chi connectivity index (χ2n) is 3.25. The molecule has 0 saturated carbocycles. The van der Waals surface area contributed by atoms with E-state index in [0.29, 0.717) is 6.54 Å². The van der Waals surface area contributed by atoms with Crippen molar-refractivity contribution in [1.29, 1.82) is 0 Å². The summed E-state index contributed by atoms with van der Waals surface area (Å²) < 4.78 is 1.02. The summed E-state index contributed by atoms with van der Waals surface area (Å²) in [5.74, 6) is 0.866. The fraction of sp³-hybridized carbons (Fsp3) is 0.200. The Kier molecular flexibility index (Phi) is 3.01. The maximum absolute atomic E-state index is 4.25. The van der Waals surface area contributed by atoms with Crippen LogP contribution in [0.1, 0.15) is 11.3 Å². The van der Waals surface area contributed by atoms with Crippen LogP contribution < -0.4 is 5.32 Å². The van der Waals surface area contributed by atoms with Crippen molar-refractivity contribution in [1.82, 2.24) is 15.0 Å². The van der Waals surface area contributed by atoms with Gasteiger partial charge in [-0.2, -0.15) is 0 Å². The summed E-state index contributed by atoms with van der Waals surface area (Å²) in [6.45, 7) is 2.74. The Bertz CT molecular complexity index is 439. The lowest BCUT2D eigenvalue weighted by Crippen LogP contribution is -2.01. The van der Waals surface area contributed by atoms with E-state index in [1.165, 1.54) is 0 Å². The van der Waals surface area contributed by atoms with E-state index in [1.807, 2.05) is 13.0 Å². The molecular formula is C10H11BrN4. The van der Waals surface area contributed by atoms with Crippen LogP contribution in [0.4, 0.5) is 5.82 Å². The molecule has 5 heteroatoms. The number of hydrogen-bond donors (Lipinski definition) is 2. The first-order chi connectivity index (χ1) is 7.25. The van der Waals surface area contributed by atoms with Gasteiger partial charge in [-0.05, 0) is 34.5 Å². The third-order valence-electron chi connectivity index (χ3n) is 2.06. The zero-order chi connectivity index (χ0) is 10.7. The maximum Gasteiger partial charge on any atom is 0.126 e. The van der Waals surface area contributed by atoms with Crippen LogP contribution in [-0.2, 0) is 6.54 Å². The highest BCUT2D eigenvalue weighted by molar-refractivity contribution is 9.10. The van der Waals surface area contributed by atoms with Crippen LogP contribution in [0.2, 0.25) is 0 Å². The molecule has 0 aromatic carbocycles. The molecule has 0 aliphatic heterocycles. The zero-order valence-electron chi connectivity index (χ0n) is 8.29. The standard InChI is InChI=1S/C10H11BrN4/c1-7-2-10(14-5-9(7)11)13-4-8-3-12-6-15-8/h2-3,5-6H,4H2,1H3,(H,12,15)(H,13,14). The molecule has 2 aromatic rings. The van der Waals surface area contributed by atoms with Crippen LogP contribution in [0.3, 0.4) is 0 Å². The van der Waals surface area contributed by atoms with Crippen molar-refractivity contribution in [2.45, 2.75) is 13.5 Å². The number of nitrogens with zero attached hydrogens (tertiary/aromatic N) is 2. The number of aromatic amines is 1. The number of aromatic nitrogens is 3. The lowest BCUT2D eigenvalue weighted by Gasteiger charge is -2.05. The molecule has 0 fully saturated rings. The Labute approximate surface area is 96.3 Å². The van der Waals surface area contributed by atoms with Gasteiger partial charge in [0.25, 0.3) is 0 Å². The van der Waals surface area contributed by atoms with Gasteiger partial charge in [0.05, 0.1) is 18.6 Å². The number of nitrogens with one attached hydrogen (secondary N) is 2. The molecule has 0 aliphatic rings. The lowest BCUT2D eigenvalue weighted by molar-refractivity contribution is 1.05. The van der Waals surface area contributed by atoms with E-state index in [0.717, 1.165) is 21.5 Å². The minimum atomic E-state index is 0.702. The summed E-state index contributed by atoms with van der Waals surface area (Å²) in [5.41, 5.74) is 2.20. The van der Waals surface area contributed by atoms with Gasteiger partial charge in [-0.25, -0.2) is 9.97 Å². The van der Waals surface area contributed by atoms with Gasteiger partial charge < -0.3 is 10.3 Å². The first kappa shape index (κ1) is 10.2. The number of pyridine rings is 1. The summed E-state index contributed by atoms with van der Waals surface area (Å²) in [6, 6.07) is 2.00. The number of imidazole rings is 1. The third-order valence-corrected chi connectivity index (χ3v) is 2.89. The predicted molar refractivity (Wildman–Crippen MR) is 62.6 cm³/mol. The Hall–Kier alpha value is -1.36. The molecule has 0 spiro atoms. The molecule has 0 amide bonds.